The van der Waals surface area contributed by atoms with Gasteiger partial charge in [-0.15, -0.1) is 11.3 Å². The van der Waals surface area contributed by atoms with Gasteiger partial charge in [-0.25, -0.2) is 4.98 Å². The van der Waals surface area contributed by atoms with Crippen molar-refractivity contribution in [3.05, 3.63) is 38.5 Å². The molecule has 0 saturated heterocycles. The Morgan fingerprint density at radius 3 is 2.62 bits per heavy atom. The molecule has 3 aromatic heterocycles. The molecule has 3 nitrogen and oxygen atoms in total. The van der Waals surface area contributed by atoms with Crippen molar-refractivity contribution in [1.82, 2.24) is 9.97 Å². The first kappa shape index (κ1) is 14.2. The molecule has 0 radical (unpaired) electrons. The number of aryl methyl sites for hydroxylation is 2. The molecule has 0 aliphatic carbocycles. The van der Waals surface area contributed by atoms with Crippen LogP contribution in [0.15, 0.2) is 16.8 Å². The van der Waals surface area contributed by atoms with Crippen LogP contribution in [0.1, 0.15) is 33.4 Å². The Labute approximate surface area is 131 Å². The molecule has 3 aromatic rings. The molecule has 0 saturated carbocycles. The second-order valence-corrected chi connectivity index (χ2v) is 7.10. The highest BCUT2D eigenvalue weighted by Crippen LogP contribution is 2.36. The molecule has 0 aliphatic heterocycles. The van der Waals surface area contributed by atoms with E-state index >= 15 is 0 Å². The van der Waals surface area contributed by atoms with Gasteiger partial charge < -0.3 is 4.98 Å². The molecule has 0 aromatic carbocycles. The zero-order valence-electron chi connectivity index (χ0n) is 12.4. The van der Waals surface area contributed by atoms with Gasteiger partial charge in [0.15, 0.2) is 5.78 Å². The highest BCUT2D eigenvalue weighted by molar-refractivity contribution is 7.16. The quantitative estimate of drug-likeness (QED) is 0.692. The summed E-state index contributed by atoms with van der Waals surface area (Å²) in [6, 6.07) is 2.08. The van der Waals surface area contributed by atoms with Crippen LogP contribution in [0.5, 0.6) is 0 Å². The van der Waals surface area contributed by atoms with E-state index in [1.165, 1.54) is 0 Å². The van der Waals surface area contributed by atoms with E-state index in [1.807, 2.05) is 13.8 Å². The summed E-state index contributed by atoms with van der Waals surface area (Å²) in [6.07, 6.45) is 0. The number of H-pyrrole nitrogens is 1. The van der Waals surface area contributed by atoms with Crippen LogP contribution in [0.4, 0.5) is 0 Å². The number of carbonyl (C=O) groups excluding carboxylic acids is 1. The Hall–Kier alpha value is -1.72. The lowest BCUT2D eigenvalue weighted by molar-refractivity contribution is 0.101. The van der Waals surface area contributed by atoms with E-state index in [9.17, 15) is 4.79 Å². The number of hydrogen-bond acceptors (Lipinski definition) is 4. The van der Waals surface area contributed by atoms with Gasteiger partial charge in [0, 0.05) is 27.1 Å². The van der Waals surface area contributed by atoms with Gasteiger partial charge in [0.05, 0.1) is 5.69 Å². The predicted molar refractivity (Wildman–Crippen MR) is 89.4 cm³/mol. The van der Waals surface area contributed by atoms with Crippen molar-refractivity contribution in [3.8, 4) is 22.0 Å². The highest BCUT2D eigenvalue weighted by Gasteiger charge is 2.20. The maximum atomic E-state index is 11.8. The first-order valence-corrected chi connectivity index (χ1v) is 8.45. The van der Waals surface area contributed by atoms with Crippen molar-refractivity contribution < 1.29 is 4.79 Å². The van der Waals surface area contributed by atoms with E-state index in [4.69, 9.17) is 4.98 Å². The van der Waals surface area contributed by atoms with Crippen LogP contribution in [0, 0.1) is 20.8 Å². The Bertz CT molecular complexity index is 810. The summed E-state index contributed by atoms with van der Waals surface area (Å²) < 4.78 is 0. The lowest BCUT2D eigenvalue weighted by Gasteiger charge is -1.98. The fraction of sp³-hybridized carbons (Fsp3) is 0.250. The molecule has 0 spiro atoms. The van der Waals surface area contributed by atoms with Gasteiger partial charge in [-0.05, 0) is 44.7 Å². The summed E-state index contributed by atoms with van der Waals surface area (Å²) in [4.78, 5) is 21.1. The van der Waals surface area contributed by atoms with E-state index in [0.29, 0.717) is 0 Å². The number of thiophene rings is 1. The van der Waals surface area contributed by atoms with Crippen LogP contribution in [-0.4, -0.2) is 15.8 Å². The van der Waals surface area contributed by atoms with Crippen molar-refractivity contribution in [3.63, 3.8) is 0 Å². The third-order valence-corrected chi connectivity index (χ3v) is 5.29. The number of carbonyl (C=O) groups is 1. The number of ketones is 1. The Morgan fingerprint density at radius 2 is 2.05 bits per heavy atom. The standard InChI is InChI=1S/C16H16N2OS2/c1-8-13(10(3)19)9(2)17-14(8)15-11(4)21-16(18-15)12-5-6-20-7-12/h5-7,17H,1-4H3. The molecule has 5 heteroatoms. The average Bonchev–Trinajstić information content (AvgIpc) is 3.08. The van der Waals surface area contributed by atoms with Crippen LogP contribution in [0.2, 0.25) is 0 Å². The largest absolute Gasteiger partial charge is 0.356 e. The minimum atomic E-state index is 0.0958. The molecule has 0 atom stereocenters. The average molecular weight is 316 g/mol. The normalized spacial score (nSPS) is 11.0. The van der Waals surface area contributed by atoms with E-state index in [0.717, 1.165) is 43.7 Å². The summed E-state index contributed by atoms with van der Waals surface area (Å²) in [7, 11) is 0. The molecule has 1 N–H and O–H groups in total. The highest BCUT2D eigenvalue weighted by atomic mass is 32.1. The van der Waals surface area contributed by atoms with Gasteiger partial charge >= 0.3 is 0 Å². The van der Waals surface area contributed by atoms with Gasteiger partial charge in [0.2, 0.25) is 0 Å². The third kappa shape index (κ3) is 2.36. The van der Waals surface area contributed by atoms with Gasteiger partial charge in [0.25, 0.3) is 0 Å². The molecule has 21 heavy (non-hydrogen) atoms. The summed E-state index contributed by atoms with van der Waals surface area (Å²) >= 11 is 3.36. The van der Waals surface area contributed by atoms with E-state index < -0.39 is 0 Å². The molecule has 0 unspecified atom stereocenters. The minimum absolute atomic E-state index is 0.0958. The first-order chi connectivity index (χ1) is 9.99. The summed E-state index contributed by atoms with van der Waals surface area (Å²) in [5.74, 6) is 0.0958. The number of nitrogens with zero attached hydrogens (tertiary/aromatic N) is 1. The van der Waals surface area contributed by atoms with E-state index in [2.05, 4.69) is 28.7 Å². The van der Waals surface area contributed by atoms with E-state index in [-0.39, 0.29) is 5.78 Å². The molecule has 0 amide bonds. The first-order valence-electron chi connectivity index (χ1n) is 6.69. The van der Waals surface area contributed by atoms with Crippen LogP contribution in [-0.2, 0) is 0 Å². The summed E-state index contributed by atoms with van der Waals surface area (Å²) in [5.41, 5.74) is 5.77. The number of Topliss-reactive ketones (excluding diaryl/α,β-unsaturated/α-hetero) is 1. The molecule has 0 bridgehead atoms. The third-order valence-electron chi connectivity index (χ3n) is 3.59. The van der Waals surface area contributed by atoms with Crippen molar-refractivity contribution >= 4 is 28.5 Å². The molecular weight excluding hydrogens is 300 g/mol. The number of nitrogens with one attached hydrogen (secondary N) is 1. The zero-order valence-corrected chi connectivity index (χ0v) is 14.0. The minimum Gasteiger partial charge on any atom is -0.356 e. The summed E-state index contributed by atoms with van der Waals surface area (Å²) in [6.45, 7) is 7.61. The maximum Gasteiger partial charge on any atom is 0.161 e. The maximum absolute atomic E-state index is 11.8. The van der Waals surface area contributed by atoms with E-state index in [1.54, 1.807) is 29.6 Å². The monoisotopic (exact) mass is 316 g/mol. The Morgan fingerprint density at radius 1 is 1.29 bits per heavy atom. The molecule has 108 valence electrons. The topological polar surface area (TPSA) is 45.8 Å². The number of thiazole rings is 1. The fourth-order valence-corrected chi connectivity index (χ4v) is 4.28. The molecule has 0 aliphatic rings. The van der Waals surface area contributed by atoms with Crippen molar-refractivity contribution in [1.29, 1.82) is 0 Å². The smallest absolute Gasteiger partial charge is 0.161 e. The van der Waals surface area contributed by atoms with Gasteiger partial charge in [0.1, 0.15) is 10.7 Å². The van der Waals surface area contributed by atoms with Gasteiger partial charge in [-0.3, -0.25) is 4.79 Å². The number of rotatable bonds is 3. The lowest BCUT2D eigenvalue weighted by atomic mass is 10.1. The number of hydrogen-bond donors (Lipinski definition) is 1. The van der Waals surface area contributed by atoms with Crippen molar-refractivity contribution in [2.75, 3.05) is 0 Å². The SMILES string of the molecule is CC(=O)c1c(C)[nH]c(-c2nc(-c3ccsc3)sc2C)c1C. The van der Waals surface area contributed by atoms with Crippen LogP contribution in [0.25, 0.3) is 22.0 Å². The molecule has 3 heterocycles. The Kier molecular flexibility index (Phi) is 3.55. The van der Waals surface area contributed by atoms with Gasteiger partial charge in [-0.2, -0.15) is 11.3 Å². The van der Waals surface area contributed by atoms with Crippen LogP contribution < -0.4 is 0 Å². The Balaban J connectivity index is 2.14. The van der Waals surface area contributed by atoms with Crippen molar-refractivity contribution in [2.45, 2.75) is 27.7 Å². The molecular formula is C16H16N2OS2. The van der Waals surface area contributed by atoms with Crippen LogP contribution >= 0.6 is 22.7 Å². The lowest BCUT2D eigenvalue weighted by Crippen LogP contribution is -1.95. The fourth-order valence-electron chi connectivity index (χ4n) is 2.65. The molecule has 3 rings (SSSR count). The second kappa shape index (κ2) is 5.24. The predicted octanol–water partition coefficient (Wildman–Crippen LogP) is 4.99. The van der Waals surface area contributed by atoms with Crippen LogP contribution in [0.3, 0.4) is 0 Å². The van der Waals surface area contributed by atoms with Crippen molar-refractivity contribution in [2.24, 2.45) is 0 Å². The summed E-state index contributed by atoms with van der Waals surface area (Å²) in [5, 5.41) is 5.19. The van der Waals surface area contributed by atoms with Gasteiger partial charge in [-0.1, -0.05) is 0 Å². The number of aromatic nitrogens is 2. The number of aromatic amines is 1. The zero-order chi connectivity index (χ0) is 15.1. The second-order valence-electron chi connectivity index (χ2n) is 5.12. The molecule has 0 fully saturated rings.